The third kappa shape index (κ3) is 56.5. The number of nitrogens with one attached hydrogen (secondary N) is 3. The molecule has 0 saturated heterocycles. The van der Waals surface area contributed by atoms with Gasteiger partial charge in [0, 0.05) is 0 Å². The number of urea groups is 3. The lowest BCUT2D eigenvalue weighted by molar-refractivity contribution is -0.250. The first-order valence-electron chi connectivity index (χ1n) is 4.20. The first-order valence-corrected chi connectivity index (χ1v) is 4.20. The van der Waals surface area contributed by atoms with E-state index in [-0.39, 0.29) is 6.15 Å². The summed E-state index contributed by atoms with van der Waals surface area (Å²) in [4.78, 5) is 56.4. The van der Waals surface area contributed by atoms with Gasteiger partial charge in [0.1, 0.15) is 18.3 Å². The fourth-order valence-electron chi connectivity index (χ4n) is 0.302. The lowest BCUT2D eigenvalue weighted by Gasteiger charge is -1.96. The minimum absolute atomic E-state index is 0. The molecule has 0 aliphatic carbocycles. The van der Waals surface area contributed by atoms with Crippen LogP contribution >= 0.6 is 0 Å². The molecule has 16 nitrogen and oxygen atoms in total. The molecular formula is C6H9N7O9. The van der Waals surface area contributed by atoms with E-state index in [1.165, 1.54) is 16.0 Å². The summed E-state index contributed by atoms with van der Waals surface area (Å²) in [6, 6.07) is -3.38. The van der Waals surface area contributed by atoms with Gasteiger partial charge in [0.15, 0.2) is 0 Å². The van der Waals surface area contributed by atoms with Crippen LogP contribution in [0.4, 0.5) is 28.8 Å². The predicted octanol–water partition coefficient (Wildman–Crippen LogP) is -6.49. The molecule has 0 aromatic heterocycles. The number of hydrogen-bond donors (Lipinski definition) is 6. The van der Waals surface area contributed by atoms with E-state index in [1.807, 2.05) is 0 Å². The zero-order chi connectivity index (χ0) is 17.6. The zero-order valence-electron chi connectivity index (χ0n) is 10.4. The molecule has 0 atom stereocenters. The van der Waals surface area contributed by atoms with Gasteiger partial charge in [-0.05, 0) is 0 Å². The van der Waals surface area contributed by atoms with Crippen molar-refractivity contribution in [1.82, 2.24) is 22.1 Å². The summed E-state index contributed by atoms with van der Waals surface area (Å²) in [6.45, 7) is 0. The molecule has 0 rings (SSSR count). The highest BCUT2D eigenvalue weighted by Gasteiger charge is 3.00. The first kappa shape index (κ1) is 26.5. The van der Waals surface area contributed by atoms with Crippen molar-refractivity contribution in [2.24, 2.45) is 17.2 Å². The maximum atomic E-state index is 9.50. The summed E-state index contributed by atoms with van der Waals surface area (Å²) in [5.41, 5.74) is 13.0. The van der Waals surface area contributed by atoms with E-state index in [1.54, 1.807) is 0 Å². The molecule has 0 aromatic rings. The summed E-state index contributed by atoms with van der Waals surface area (Å²) in [6.07, 6.45) is -5.06. The van der Waals surface area contributed by atoms with Gasteiger partial charge >= 0.3 is 24.2 Å². The number of primary amides is 3. The molecule has 0 aliphatic heterocycles. The third-order valence-corrected chi connectivity index (χ3v) is 0.676. The highest BCUT2D eigenvalue weighted by Crippen LogP contribution is 1.51. The quantitative estimate of drug-likeness (QED) is 0.246. The second-order valence-electron chi connectivity index (χ2n) is 2.33. The van der Waals surface area contributed by atoms with E-state index >= 15 is 0 Å². The second-order valence-corrected chi connectivity index (χ2v) is 2.33. The normalized spacial score (nSPS) is 7.09. The molecule has 0 fully saturated rings. The van der Waals surface area contributed by atoms with Crippen molar-refractivity contribution in [2.45, 2.75) is 0 Å². The van der Waals surface area contributed by atoms with Gasteiger partial charge < -0.3 is 46.9 Å². The van der Waals surface area contributed by atoms with Crippen LogP contribution in [0.1, 0.15) is 0 Å². The molecule has 122 valence electrons. The van der Waals surface area contributed by atoms with Crippen molar-refractivity contribution in [1.29, 1.82) is 0 Å². The Balaban J connectivity index is -0.000000108. The fourth-order valence-corrected chi connectivity index (χ4v) is 0.302. The van der Waals surface area contributed by atoms with Crippen LogP contribution < -0.4 is 54.6 Å². The van der Waals surface area contributed by atoms with Crippen LogP contribution in [0.2, 0.25) is 0 Å². The maximum Gasteiger partial charge on any atom is 3.00 e. The number of amides is 9. The SMILES string of the molecule is NC(=O)NC(=O)[O-].NC(=O)NC(=O)[O-].NC(=O)NC(=O)[O-].[N+3]. The molecule has 22 heavy (non-hydrogen) atoms. The molecule has 0 spiro atoms. The lowest BCUT2D eigenvalue weighted by Crippen LogP contribution is -2.43. The van der Waals surface area contributed by atoms with Crippen LogP contribution in [0.5, 0.6) is 0 Å². The van der Waals surface area contributed by atoms with Crippen molar-refractivity contribution in [3.8, 4) is 0 Å². The molecule has 0 bridgehead atoms. The van der Waals surface area contributed by atoms with Crippen molar-refractivity contribution >= 4 is 36.4 Å². The molecule has 0 unspecified atom stereocenters. The molecule has 0 heterocycles. The van der Waals surface area contributed by atoms with Crippen molar-refractivity contribution in [3.05, 3.63) is 0 Å². The molecule has 0 aromatic carbocycles. The number of nitrogens with zero attached hydrogens (tertiary/aromatic N) is 1. The highest BCUT2D eigenvalue weighted by atomic mass is 16.4. The van der Waals surface area contributed by atoms with Crippen molar-refractivity contribution in [2.75, 3.05) is 0 Å². The number of rotatable bonds is 0. The molecule has 0 aliphatic rings. The molecule has 9 amide bonds. The Morgan fingerprint density at radius 1 is 0.545 bits per heavy atom. The highest BCUT2D eigenvalue weighted by molar-refractivity contribution is 5.88. The average Bonchev–Trinajstić information content (AvgIpc) is 2.10. The van der Waals surface area contributed by atoms with Gasteiger partial charge in [-0.3, -0.25) is 16.0 Å². The Kier molecular flexibility index (Phi) is 18.0. The average molecular weight is 323 g/mol. The molecule has 2 radical (unpaired) electrons. The van der Waals surface area contributed by atoms with Crippen LogP contribution in [0.25, 0.3) is 0 Å². The van der Waals surface area contributed by atoms with Crippen molar-refractivity contribution < 1.29 is 44.1 Å². The number of hydrogen-bond acceptors (Lipinski definition) is 9. The van der Waals surface area contributed by atoms with Gasteiger partial charge in [0.25, 0.3) is 0 Å². The minimum Gasteiger partial charge on any atom is -0.530 e. The van der Waals surface area contributed by atoms with E-state index in [4.69, 9.17) is 0 Å². The fraction of sp³-hybridized carbons (Fsp3) is 0. The molecule has 0 saturated carbocycles. The number of nitrogens with two attached hydrogens (primary N) is 3. The Hall–Kier alpha value is -4.07. The van der Waals surface area contributed by atoms with Crippen molar-refractivity contribution in [3.63, 3.8) is 0 Å². The van der Waals surface area contributed by atoms with Gasteiger partial charge in [-0.25, -0.2) is 14.4 Å². The summed E-state index contributed by atoms with van der Waals surface area (Å²) in [7, 11) is 0. The van der Waals surface area contributed by atoms with Gasteiger partial charge in [0.2, 0.25) is 0 Å². The Labute approximate surface area is 121 Å². The number of carboxylic acid groups (broad SMARTS) is 3. The Bertz CT molecular complexity index is 325. The first-order chi connectivity index (χ1) is 9.38. The topological polar surface area (TPSA) is 316 Å². The standard InChI is InChI=1S/3C2H4N2O3.N/c3*3-1(5)4-2(6)7;/h3*(H,6,7)(H3,3,4,5);/q;;;+3/p-3. The molecule has 9 N–H and O–H groups in total. The monoisotopic (exact) mass is 323 g/mol. The van der Waals surface area contributed by atoms with Gasteiger partial charge in [-0.2, -0.15) is 0 Å². The summed E-state index contributed by atoms with van der Waals surface area (Å²) in [5, 5.41) is 31.6. The largest absolute Gasteiger partial charge is 3.00 e. The maximum absolute atomic E-state index is 9.50. The number of carbonyl (C=O) groups is 6. The van der Waals surface area contributed by atoms with E-state index in [0.29, 0.717) is 0 Å². The van der Waals surface area contributed by atoms with Crippen LogP contribution in [0, 0.1) is 0 Å². The summed E-state index contributed by atoms with van der Waals surface area (Å²) < 4.78 is 0. The zero-order valence-corrected chi connectivity index (χ0v) is 10.4. The summed E-state index contributed by atoms with van der Waals surface area (Å²) >= 11 is 0. The lowest BCUT2D eigenvalue weighted by atomic mass is 11.0. The smallest absolute Gasteiger partial charge is 0.530 e. The number of carbonyl (C=O) groups excluding carboxylic acids is 6. The Morgan fingerprint density at radius 2 is 0.682 bits per heavy atom. The van der Waals surface area contributed by atoms with Crippen LogP contribution in [0.15, 0.2) is 0 Å². The van der Waals surface area contributed by atoms with E-state index in [0.717, 1.165) is 0 Å². The molecular weight excluding hydrogens is 314 g/mol. The predicted molar refractivity (Wildman–Crippen MR) is 56.5 cm³/mol. The van der Waals surface area contributed by atoms with Gasteiger partial charge in [0.05, 0.1) is 0 Å². The van der Waals surface area contributed by atoms with E-state index in [9.17, 15) is 44.1 Å². The van der Waals surface area contributed by atoms with Crippen LogP contribution in [0.3, 0.4) is 0 Å². The van der Waals surface area contributed by atoms with Gasteiger partial charge in [-0.1, -0.05) is 0 Å². The second kappa shape index (κ2) is 15.0. The van der Waals surface area contributed by atoms with Gasteiger partial charge in [-0.15, -0.1) is 0 Å². The van der Waals surface area contributed by atoms with E-state index in [2.05, 4.69) is 17.2 Å². The molecule has 16 heteroatoms. The number of imide groups is 3. The minimum atomic E-state index is -1.69. The van der Waals surface area contributed by atoms with Crippen LogP contribution in [-0.2, 0) is 0 Å². The van der Waals surface area contributed by atoms with Crippen LogP contribution in [-0.4, -0.2) is 36.4 Å². The third-order valence-electron chi connectivity index (χ3n) is 0.676. The summed E-state index contributed by atoms with van der Waals surface area (Å²) in [5.74, 6) is 0. The Morgan fingerprint density at radius 3 is 0.682 bits per heavy atom. The van der Waals surface area contributed by atoms with E-state index < -0.39 is 36.4 Å².